The second-order valence-electron chi connectivity index (χ2n) is 8.57. The van der Waals surface area contributed by atoms with Crippen molar-refractivity contribution in [3.8, 4) is 11.5 Å². The zero-order valence-electron chi connectivity index (χ0n) is 19.5. The van der Waals surface area contributed by atoms with Crippen LogP contribution in [0.3, 0.4) is 0 Å². The van der Waals surface area contributed by atoms with E-state index in [9.17, 15) is 32.7 Å². The lowest BCUT2D eigenvalue weighted by Gasteiger charge is -2.31. The number of thiazole rings is 1. The maximum Gasteiger partial charge on any atom is 0.308 e. The molecule has 1 saturated heterocycles. The van der Waals surface area contributed by atoms with E-state index in [1.54, 1.807) is 12.1 Å². The number of carbonyl (C=O) groups is 3. The van der Waals surface area contributed by atoms with Crippen molar-refractivity contribution in [2.75, 3.05) is 12.4 Å². The number of aromatic hydroxyl groups is 1. The van der Waals surface area contributed by atoms with Gasteiger partial charge in [0.15, 0.2) is 11.5 Å². The standard InChI is InChI=1S/C23H20N4O8S3/c1-35-14-8-10(2-7-13(14)28)16-17-18(21(31)26-20(17)30)36-22-19(16)37-23(32)27(22)9-15(29)25-11-3-5-12(6-4-11)38(24,33)34/h2-8,16-18,28H,9H2,1H3,(H,25,29)(H2,24,33,34)(H,26,30,31)/t16-,17+,18-/m0/s1. The van der Waals surface area contributed by atoms with Gasteiger partial charge in [0.05, 0.1) is 22.9 Å². The quantitative estimate of drug-likeness (QED) is 0.308. The van der Waals surface area contributed by atoms with Crippen LogP contribution < -0.4 is 25.4 Å². The zero-order chi connectivity index (χ0) is 27.4. The third kappa shape index (κ3) is 4.57. The van der Waals surface area contributed by atoms with Gasteiger partial charge >= 0.3 is 4.87 Å². The molecule has 2 aromatic carbocycles. The van der Waals surface area contributed by atoms with Crippen LogP contribution in [0.25, 0.3) is 0 Å². The van der Waals surface area contributed by atoms with Gasteiger partial charge in [-0.1, -0.05) is 29.2 Å². The van der Waals surface area contributed by atoms with Crippen LogP contribution in [0, 0.1) is 5.92 Å². The highest BCUT2D eigenvalue weighted by Gasteiger charge is 2.53. The fraction of sp³-hybridized carbons (Fsp3) is 0.217. The first-order valence-electron chi connectivity index (χ1n) is 11.0. The van der Waals surface area contributed by atoms with Crippen molar-refractivity contribution in [3.05, 3.63) is 62.6 Å². The maximum absolute atomic E-state index is 13.0. The molecule has 1 fully saturated rings. The Kier molecular flexibility index (Phi) is 6.54. The number of methoxy groups -OCH3 is 1. The van der Waals surface area contributed by atoms with Crippen molar-refractivity contribution in [1.82, 2.24) is 9.88 Å². The molecule has 0 radical (unpaired) electrons. The monoisotopic (exact) mass is 576 g/mol. The molecule has 3 aromatic rings. The second-order valence-corrected chi connectivity index (χ2v) is 12.3. The lowest BCUT2D eigenvalue weighted by atomic mass is 9.83. The fourth-order valence-corrected chi connectivity index (χ4v) is 7.75. The molecule has 0 saturated carbocycles. The summed E-state index contributed by atoms with van der Waals surface area (Å²) in [5.41, 5.74) is 0.857. The van der Waals surface area contributed by atoms with E-state index in [1.165, 1.54) is 42.0 Å². The summed E-state index contributed by atoms with van der Waals surface area (Å²) in [7, 11) is -2.51. The number of thioether (sulfide) groups is 1. The maximum atomic E-state index is 13.0. The summed E-state index contributed by atoms with van der Waals surface area (Å²) in [6, 6.07) is 9.78. The van der Waals surface area contributed by atoms with Crippen LogP contribution in [0.1, 0.15) is 16.4 Å². The van der Waals surface area contributed by atoms with Crippen molar-refractivity contribution in [1.29, 1.82) is 0 Å². The Morgan fingerprint density at radius 3 is 2.53 bits per heavy atom. The van der Waals surface area contributed by atoms with Crippen LogP contribution in [0.4, 0.5) is 5.69 Å². The van der Waals surface area contributed by atoms with Crippen molar-refractivity contribution in [2.45, 2.75) is 27.6 Å². The molecule has 0 spiro atoms. The summed E-state index contributed by atoms with van der Waals surface area (Å²) in [5, 5.41) is 19.6. The van der Waals surface area contributed by atoms with Crippen LogP contribution in [0.2, 0.25) is 0 Å². The van der Waals surface area contributed by atoms with Crippen LogP contribution in [0.5, 0.6) is 11.5 Å². The average Bonchev–Trinajstić information content (AvgIpc) is 3.32. The Balaban J connectivity index is 1.50. The minimum atomic E-state index is -3.89. The molecule has 38 heavy (non-hydrogen) atoms. The largest absolute Gasteiger partial charge is 0.504 e. The van der Waals surface area contributed by atoms with Gasteiger partial charge in [0.25, 0.3) is 0 Å². The normalized spacial score (nSPS) is 20.4. The first kappa shape index (κ1) is 26.0. The molecule has 12 nitrogen and oxygen atoms in total. The molecule has 1 aromatic heterocycles. The molecular weight excluding hydrogens is 556 g/mol. The SMILES string of the molecule is COc1cc([C@@H]2c3sc(=O)n(CC(=O)Nc4ccc(S(N)(=O)=O)cc4)c3S[C@@H]3C(=O)NC(=O)[C@H]23)ccc1O. The van der Waals surface area contributed by atoms with Crippen molar-refractivity contribution in [3.63, 3.8) is 0 Å². The van der Waals surface area contributed by atoms with Crippen LogP contribution in [-0.2, 0) is 31.0 Å². The van der Waals surface area contributed by atoms with E-state index in [0.717, 1.165) is 23.1 Å². The smallest absolute Gasteiger partial charge is 0.308 e. The van der Waals surface area contributed by atoms with Gasteiger partial charge < -0.3 is 15.2 Å². The summed E-state index contributed by atoms with van der Waals surface area (Å²) in [5.74, 6) is -2.95. The number of imide groups is 1. The fourth-order valence-electron chi connectivity index (χ4n) is 4.49. The number of nitrogens with two attached hydrogens (primary N) is 1. The second kappa shape index (κ2) is 9.58. The number of phenolic OH excluding ortho intramolecular Hbond substituents is 1. The van der Waals surface area contributed by atoms with Gasteiger partial charge in [-0.2, -0.15) is 0 Å². The van der Waals surface area contributed by atoms with E-state index in [0.29, 0.717) is 21.2 Å². The Morgan fingerprint density at radius 2 is 1.87 bits per heavy atom. The molecule has 0 bridgehead atoms. The highest BCUT2D eigenvalue weighted by molar-refractivity contribution is 8.00. The lowest BCUT2D eigenvalue weighted by molar-refractivity contribution is -0.126. The van der Waals surface area contributed by atoms with Crippen LogP contribution in [0.15, 0.2) is 57.2 Å². The molecule has 0 aliphatic carbocycles. The van der Waals surface area contributed by atoms with Gasteiger partial charge in [0.1, 0.15) is 11.8 Å². The number of sulfonamides is 1. The number of hydrogen-bond acceptors (Lipinski definition) is 10. The molecule has 0 unspecified atom stereocenters. The number of anilines is 1. The lowest BCUT2D eigenvalue weighted by Crippen LogP contribution is -2.32. The number of fused-ring (bicyclic) bond motifs is 2. The Morgan fingerprint density at radius 1 is 1.16 bits per heavy atom. The summed E-state index contributed by atoms with van der Waals surface area (Å²) in [6.45, 7) is -0.382. The molecule has 3 amide bonds. The number of hydrogen-bond donors (Lipinski definition) is 4. The molecule has 5 rings (SSSR count). The van der Waals surface area contributed by atoms with Gasteiger partial charge in [0.2, 0.25) is 27.7 Å². The Labute approximate surface area is 223 Å². The molecular formula is C23H20N4O8S3. The van der Waals surface area contributed by atoms with Gasteiger partial charge in [-0.05, 0) is 42.0 Å². The van der Waals surface area contributed by atoms with Gasteiger partial charge in [-0.15, -0.1) is 0 Å². The molecule has 2 aliphatic heterocycles. The van der Waals surface area contributed by atoms with E-state index >= 15 is 0 Å². The molecule has 2 aliphatic rings. The van der Waals surface area contributed by atoms with E-state index in [4.69, 9.17) is 9.88 Å². The average molecular weight is 577 g/mol. The van der Waals surface area contributed by atoms with E-state index in [2.05, 4.69) is 10.6 Å². The number of nitrogens with zero attached hydrogens (tertiary/aromatic N) is 1. The van der Waals surface area contributed by atoms with Crippen LogP contribution in [-0.4, -0.2) is 48.2 Å². The topological polar surface area (TPSA) is 187 Å². The van der Waals surface area contributed by atoms with Crippen LogP contribution >= 0.6 is 23.1 Å². The number of phenols is 1. The van der Waals surface area contributed by atoms with E-state index in [1.807, 2.05) is 0 Å². The highest BCUT2D eigenvalue weighted by Crippen LogP contribution is 2.52. The summed E-state index contributed by atoms with van der Waals surface area (Å²) >= 11 is 1.92. The summed E-state index contributed by atoms with van der Waals surface area (Å²) in [4.78, 5) is 51.2. The number of rotatable bonds is 6. The predicted molar refractivity (Wildman–Crippen MR) is 138 cm³/mol. The number of primary sulfonamides is 1. The number of benzene rings is 2. The Hall–Kier alpha value is -3.66. The number of amides is 3. The number of ether oxygens (including phenoxy) is 1. The molecule has 15 heteroatoms. The summed E-state index contributed by atoms with van der Waals surface area (Å²) in [6.07, 6.45) is 0. The van der Waals surface area contributed by atoms with Crippen molar-refractivity contribution < 1.29 is 32.6 Å². The summed E-state index contributed by atoms with van der Waals surface area (Å²) < 4.78 is 29.3. The zero-order valence-corrected chi connectivity index (χ0v) is 22.0. The number of nitrogens with one attached hydrogen (secondary N) is 2. The Bertz CT molecular complexity index is 1650. The van der Waals surface area contributed by atoms with E-state index in [-0.39, 0.29) is 22.9 Å². The van der Waals surface area contributed by atoms with Gasteiger partial charge in [-0.3, -0.25) is 29.1 Å². The first-order chi connectivity index (χ1) is 18.0. The van der Waals surface area contributed by atoms with Gasteiger partial charge in [-0.25, -0.2) is 13.6 Å². The predicted octanol–water partition coefficient (Wildman–Crippen LogP) is 0.789. The molecule has 3 atom stereocenters. The number of carbonyl (C=O) groups excluding carboxylic acids is 3. The minimum Gasteiger partial charge on any atom is -0.504 e. The molecule has 5 N–H and O–H groups in total. The van der Waals surface area contributed by atoms with Crippen molar-refractivity contribution >= 4 is 56.5 Å². The minimum absolute atomic E-state index is 0.107. The van der Waals surface area contributed by atoms with Crippen molar-refractivity contribution in [2.24, 2.45) is 11.1 Å². The molecule has 3 heterocycles. The van der Waals surface area contributed by atoms with E-state index < -0.39 is 49.7 Å². The number of aromatic nitrogens is 1. The highest BCUT2D eigenvalue weighted by atomic mass is 32.2. The third-order valence-electron chi connectivity index (χ3n) is 6.22. The first-order valence-corrected chi connectivity index (χ1v) is 14.3. The van der Waals surface area contributed by atoms with Gasteiger partial charge in [0, 0.05) is 16.5 Å². The molecule has 198 valence electrons. The third-order valence-corrected chi connectivity index (χ3v) is 9.76.